The molecule has 3 rings (SSSR count). The van der Waals surface area contributed by atoms with Crippen LogP contribution in [0.1, 0.15) is 39.1 Å². The Kier molecular flexibility index (Phi) is 5.40. The summed E-state index contributed by atoms with van der Waals surface area (Å²) in [5.74, 6) is -1.14. The molecule has 0 radical (unpaired) electrons. The van der Waals surface area contributed by atoms with Gasteiger partial charge in [-0.1, -0.05) is 0 Å². The van der Waals surface area contributed by atoms with Gasteiger partial charge in [-0.05, 0) is 54.8 Å². The van der Waals surface area contributed by atoms with Crippen LogP contribution >= 0.6 is 0 Å². The van der Waals surface area contributed by atoms with Crippen LogP contribution in [-0.2, 0) is 11.3 Å². The van der Waals surface area contributed by atoms with Crippen LogP contribution in [0.5, 0.6) is 0 Å². The number of amides is 1. The Morgan fingerprint density at radius 3 is 2.40 bits per heavy atom. The predicted molar refractivity (Wildman–Crippen MR) is 91.4 cm³/mol. The van der Waals surface area contributed by atoms with Crippen LogP contribution in [0, 0.1) is 0 Å². The van der Waals surface area contributed by atoms with Crippen LogP contribution in [0.15, 0.2) is 48.8 Å². The first-order valence-electron chi connectivity index (χ1n) is 8.26. The standard InChI is InChI=1S/C19H20N2O4/c22-18(15-3-5-16(6-4-15)19(23)24)21(13-17-2-1-11-25-17)12-14-7-9-20-10-8-14/h3-10,17H,1-2,11-13H2,(H,23,24). The molecule has 1 aliphatic rings. The Labute approximate surface area is 146 Å². The summed E-state index contributed by atoms with van der Waals surface area (Å²) in [5, 5.41) is 8.99. The molecule has 1 N–H and O–H groups in total. The molecule has 1 aliphatic heterocycles. The van der Waals surface area contributed by atoms with Gasteiger partial charge >= 0.3 is 5.97 Å². The topological polar surface area (TPSA) is 79.7 Å². The Bertz CT molecular complexity index is 725. The van der Waals surface area contributed by atoms with Gasteiger partial charge in [0.2, 0.25) is 0 Å². The summed E-state index contributed by atoms with van der Waals surface area (Å²) in [6.07, 6.45) is 5.40. The number of carbonyl (C=O) groups excluding carboxylic acids is 1. The highest BCUT2D eigenvalue weighted by molar-refractivity contribution is 5.95. The van der Waals surface area contributed by atoms with Crippen LogP contribution in [0.2, 0.25) is 0 Å². The average Bonchev–Trinajstić information content (AvgIpc) is 3.14. The van der Waals surface area contributed by atoms with Crippen molar-refractivity contribution in [3.63, 3.8) is 0 Å². The third-order valence-corrected chi connectivity index (χ3v) is 4.24. The van der Waals surface area contributed by atoms with E-state index in [2.05, 4.69) is 4.98 Å². The number of nitrogens with zero attached hydrogens (tertiary/aromatic N) is 2. The number of carbonyl (C=O) groups is 2. The maximum atomic E-state index is 12.9. The minimum atomic E-state index is -1.01. The Balaban J connectivity index is 1.78. The second-order valence-electron chi connectivity index (χ2n) is 6.06. The molecular weight excluding hydrogens is 320 g/mol. The van der Waals surface area contributed by atoms with Gasteiger partial charge in [0.05, 0.1) is 11.7 Å². The number of hydrogen-bond acceptors (Lipinski definition) is 4. The van der Waals surface area contributed by atoms with E-state index in [0.717, 1.165) is 25.0 Å². The lowest BCUT2D eigenvalue weighted by atomic mass is 10.1. The molecule has 1 saturated heterocycles. The van der Waals surface area contributed by atoms with Crippen molar-refractivity contribution in [2.45, 2.75) is 25.5 Å². The molecule has 2 aromatic rings. The van der Waals surface area contributed by atoms with E-state index in [0.29, 0.717) is 18.7 Å². The zero-order valence-electron chi connectivity index (χ0n) is 13.8. The molecule has 25 heavy (non-hydrogen) atoms. The number of ether oxygens (including phenoxy) is 1. The van der Waals surface area contributed by atoms with Crippen LogP contribution in [0.25, 0.3) is 0 Å². The van der Waals surface area contributed by atoms with Crippen molar-refractivity contribution < 1.29 is 19.4 Å². The molecule has 0 spiro atoms. The fourth-order valence-corrected chi connectivity index (χ4v) is 2.90. The first-order chi connectivity index (χ1) is 12.1. The van der Waals surface area contributed by atoms with Gasteiger partial charge in [0.1, 0.15) is 0 Å². The van der Waals surface area contributed by atoms with Crippen LogP contribution in [-0.4, -0.2) is 46.1 Å². The van der Waals surface area contributed by atoms with Crippen LogP contribution < -0.4 is 0 Å². The number of aromatic carboxylic acids is 1. The monoisotopic (exact) mass is 340 g/mol. The van der Waals surface area contributed by atoms with Crippen molar-refractivity contribution in [2.24, 2.45) is 0 Å². The van der Waals surface area contributed by atoms with Gasteiger partial charge in [-0.2, -0.15) is 0 Å². The Hall–Kier alpha value is -2.73. The van der Waals surface area contributed by atoms with Gasteiger partial charge < -0.3 is 14.7 Å². The van der Waals surface area contributed by atoms with E-state index in [4.69, 9.17) is 9.84 Å². The number of carboxylic acid groups (broad SMARTS) is 1. The molecule has 1 aromatic carbocycles. The molecule has 0 aliphatic carbocycles. The largest absolute Gasteiger partial charge is 0.478 e. The van der Waals surface area contributed by atoms with Gasteiger partial charge in [-0.3, -0.25) is 9.78 Å². The molecule has 6 nitrogen and oxygen atoms in total. The number of pyridine rings is 1. The van der Waals surface area contributed by atoms with E-state index in [1.807, 2.05) is 12.1 Å². The highest BCUT2D eigenvalue weighted by Gasteiger charge is 2.23. The smallest absolute Gasteiger partial charge is 0.335 e. The summed E-state index contributed by atoms with van der Waals surface area (Å²) in [6.45, 7) is 1.71. The summed E-state index contributed by atoms with van der Waals surface area (Å²) < 4.78 is 5.67. The molecule has 0 bridgehead atoms. The lowest BCUT2D eigenvalue weighted by molar-refractivity contribution is 0.0507. The van der Waals surface area contributed by atoms with E-state index >= 15 is 0 Å². The van der Waals surface area contributed by atoms with Gasteiger partial charge in [-0.15, -0.1) is 0 Å². The van der Waals surface area contributed by atoms with Crippen molar-refractivity contribution in [2.75, 3.05) is 13.2 Å². The van der Waals surface area contributed by atoms with E-state index in [1.54, 1.807) is 29.4 Å². The van der Waals surface area contributed by atoms with Crippen molar-refractivity contribution in [1.82, 2.24) is 9.88 Å². The van der Waals surface area contributed by atoms with Crippen molar-refractivity contribution >= 4 is 11.9 Å². The summed E-state index contributed by atoms with van der Waals surface area (Å²) in [7, 11) is 0. The summed E-state index contributed by atoms with van der Waals surface area (Å²) in [5.41, 5.74) is 1.62. The average molecular weight is 340 g/mol. The summed E-state index contributed by atoms with van der Waals surface area (Å²) in [4.78, 5) is 29.6. The second-order valence-corrected chi connectivity index (χ2v) is 6.06. The minimum absolute atomic E-state index is 0.0454. The zero-order chi connectivity index (χ0) is 17.6. The molecule has 130 valence electrons. The van der Waals surface area contributed by atoms with E-state index in [9.17, 15) is 9.59 Å². The highest BCUT2D eigenvalue weighted by Crippen LogP contribution is 2.17. The van der Waals surface area contributed by atoms with Crippen molar-refractivity contribution in [3.05, 3.63) is 65.5 Å². The number of carboxylic acids is 1. The third-order valence-electron chi connectivity index (χ3n) is 4.24. The van der Waals surface area contributed by atoms with E-state index in [1.165, 1.54) is 12.1 Å². The minimum Gasteiger partial charge on any atom is -0.478 e. The van der Waals surface area contributed by atoms with Crippen molar-refractivity contribution in [3.8, 4) is 0 Å². The van der Waals surface area contributed by atoms with Gasteiger partial charge in [0.15, 0.2) is 0 Å². The maximum absolute atomic E-state index is 12.9. The normalized spacial score (nSPS) is 16.6. The highest BCUT2D eigenvalue weighted by atomic mass is 16.5. The third kappa shape index (κ3) is 4.42. The lowest BCUT2D eigenvalue weighted by Crippen LogP contribution is -2.37. The van der Waals surface area contributed by atoms with E-state index in [-0.39, 0.29) is 17.6 Å². The number of benzene rings is 1. The molecule has 2 heterocycles. The molecule has 6 heteroatoms. The first-order valence-corrected chi connectivity index (χ1v) is 8.26. The molecule has 1 amide bonds. The Morgan fingerprint density at radius 1 is 1.12 bits per heavy atom. The summed E-state index contributed by atoms with van der Waals surface area (Å²) in [6, 6.07) is 9.77. The molecule has 0 saturated carbocycles. The number of hydrogen-bond donors (Lipinski definition) is 1. The molecule has 1 atom stereocenters. The molecule has 1 unspecified atom stereocenters. The second kappa shape index (κ2) is 7.90. The van der Waals surface area contributed by atoms with E-state index < -0.39 is 5.97 Å². The van der Waals surface area contributed by atoms with Crippen molar-refractivity contribution in [1.29, 1.82) is 0 Å². The lowest BCUT2D eigenvalue weighted by Gasteiger charge is -2.25. The zero-order valence-corrected chi connectivity index (χ0v) is 13.8. The molecular formula is C19H20N2O4. The SMILES string of the molecule is O=C(O)c1ccc(C(=O)N(Cc2ccncc2)CC2CCCO2)cc1. The van der Waals surface area contributed by atoms with Crippen LogP contribution in [0.4, 0.5) is 0 Å². The van der Waals surface area contributed by atoms with Crippen LogP contribution in [0.3, 0.4) is 0 Å². The predicted octanol–water partition coefficient (Wildman–Crippen LogP) is 2.60. The molecule has 1 aromatic heterocycles. The van der Waals surface area contributed by atoms with Gasteiger partial charge in [-0.25, -0.2) is 4.79 Å². The Morgan fingerprint density at radius 2 is 1.80 bits per heavy atom. The fraction of sp³-hybridized carbons (Fsp3) is 0.316. The number of aromatic nitrogens is 1. The van der Waals surface area contributed by atoms with Gasteiger partial charge in [0, 0.05) is 37.7 Å². The quantitative estimate of drug-likeness (QED) is 0.874. The maximum Gasteiger partial charge on any atom is 0.335 e. The number of rotatable bonds is 6. The van der Waals surface area contributed by atoms with Gasteiger partial charge in [0.25, 0.3) is 5.91 Å². The fourth-order valence-electron chi connectivity index (χ4n) is 2.90. The summed E-state index contributed by atoms with van der Waals surface area (Å²) >= 11 is 0. The molecule has 1 fully saturated rings. The first kappa shape index (κ1) is 17.1.